The average molecular weight is 280 g/mol. The highest BCUT2D eigenvalue weighted by atomic mass is 15.0. The SMILES string of the molecule is CCC(C)C1CCC(NC(C)(C)C2CCCCC2)CC1. The summed E-state index contributed by atoms with van der Waals surface area (Å²) in [4.78, 5) is 0. The van der Waals surface area contributed by atoms with Gasteiger partial charge in [0, 0.05) is 11.6 Å². The lowest BCUT2D eigenvalue weighted by Gasteiger charge is -2.43. The molecule has 1 N–H and O–H groups in total. The van der Waals surface area contributed by atoms with Gasteiger partial charge in [-0.15, -0.1) is 0 Å². The lowest BCUT2D eigenvalue weighted by Crippen LogP contribution is -2.52. The van der Waals surface area contributed by atoms with Crippen molar-refractivity contribution < 1.29 is 0 Å². The molecule has 20 heavy (non-hydrogen) atoms. The summed E-state index contributed by atoms with van der Waals surface area (Å²) in [6, 6.07) is 0.784. The fourth-order valence-electron chi connectivity index (χ4n) is 4.63. The van der Waals surface area contributed by atoms with Crippen LogP contribution < -0.4 is 5.32 Å². The Labute approximate surface area is 127 Å². The standard InChI is InChI=1S/C19H37N/c1-5-15(2)16-11-13-18(14-12-16)20-19(3,4)17-9-7-6-8-10-17/h15-18,20H,5-14H2,1-4H3. The van der Waals surface area contributed by atoms with Crippen LogP contribution in [-0.4, -0.2) is 11.6 Å². The van der Waals surface area contributed by atoms with Gasteiger partial charge in [0.1, 0.15) is 0 Å². The van der Waals surface area contributed by atoms with Crippen LogP contribution in [0.3, 0.4) is 0 Å². The van der Waals surface area contributed by atoms with E-state index < -0.39 is 0 Å². The van der Waals surface area contributed by atoms with E-state index in [0.29, 0.717) is 5.54 Å². The van der Waals surface area contributed by atoms with Gasteiger partial charge in [0.05, 0.1) is 0 Å². The Hall–Kier alpha value is -0.0400. The molecule has 2 aliphatic carbocycles. The number of nitrogens with one attached hydrogen (secondary N) is 1. The van der Waals surface area contributed by atoms with Gasteiger partial charge in [0.2, 0.25) is 0 Å². The topological polar surface area (TPSA) is 12.0 Å². The first-order valence-corrected chi connectivity index (χ1v) is 9.30. The van der Waals surface area contributed by atoms with Crippen molar-refractivity contribution in [3.63, 3.8) is 0 Å². The molecule has 0 aromatic rings. The lowest BCUT2D eigenvalue weighted by molar-refractivity contribution is 0.144. The van der Waals surface area contributed by atoms with E-state index in [1.807, 2.05) is 0 Å². The quantitative estimate of drug-likeness (QED) is 0.696. The van der Waals surface area contributed by atoms with Crippen LogP contribution >= 0.6 is 0 Å². The average Bonchev–Trinajstić information content (AvgIpc) is 2.48. The van der Waals surface area contributed by atoms with Crippen molar-refractivity contribution in [3.05, 3.63) is 0 Å². The first-order chi connectivity index (χ1) is 9.53. The van der Waals surface area contributed by atoms with Crippen LogP contribution in [0, 0.1) is 17.8 Å². The van der Waals surface area contributed by atoms with Gasteiger partial charge >= 0.3 is 0 Å². The van der Waals surface area contributed by atoms with Crippen molar-refractivity contribution in [2.45, 2.75) is 103 Å². The molecule has 1 atom stereocenters. The van der Waals surface area contributed by atoms with Crippen molar-refractivity contribution in [3.8, 4) is 0 Å². The third kappa shape index (κ3) is 4.23. The maximum Gasteiger partial charge on any atom is 0.0155 e. The van der Waals surface area contributed by atoms with E-state index in [0.717, 1.165) is 23.8 Å². The van der Waals surface area contributed by atoms with E-state index in [2.05, 4.69) is 33.0 Å². The summed E-state index contributed by atoms with van der Waals surface area (Å²) in [5.74, 6) is 2.83. The molecule has 2 fully saturated rings. The van der Waals surface area contributed by atoms with Crippen molar-refractivity contribution in [1.29, 1.82) is 0 Å². The molecule has 1 unspecified atom stereocenters. The molecular formula is C19H37N. The molecule has 2 aliphatic rings. The van der Waals surface area contributed by atoms with Gasteiger partial charge in [-0.2, -0.15) is 0 Å². The Kier molecular flexibility index (Phi) is 5.95. The van der Waals surface area contributed by atoms with Gasteiger partial charge in [-0.25, -0.2) is 0 Å². The van der Waals surface area contributed by atoms with Crippen LogP contribution in [0.15, 0.2) is 0 Å². The molecule has 0 aliphatic heterocycles. The van der Waals surface area contributed by atoms with E-state index >= 15 is 0 Å². The number of hydrogen-bond donors (Lipinski definition) is 1. The third-order valence-corrected chi connectivity index (χ3v) is 6.42. The molecule has 1 nitrogen and oxygen atoms in total. The van der Waals surface area contributed by atoms with Crippen LogP contribution in [0.1, 0.15) is 91.9 Å². The summed E-state index contributed by atoms with van der Waals surface area (Å²) in [5, 5.41) is 4.04. The Balaban J connectivity index is 1.79. The van der Waals surface area contributed by atoms with E-state index in [-0.39, 0.29) is 0 Å². The van der Waals surface area contributed by atoms with Crippen LogP contribution in [0.5, 0.6) is 0 Å². The highest BCUT2D eigenvalue weighted by Crippen LogP contribution is 2.36. The summed E-state index contributed by atoms with van der Waals surface area (Å²) >= 11 is 0. The molecule has 0 heterocycles. The van der Waals surface area contributed by atoms with Crippen molar-refractivity contribution in [2.24, 2.45) is 17.8 Å². The zero-order valence-electron chi connectivity index (χ0n) is 14.4. The normalized spacial score (nSPS) is 31.2. The predicted octanol–water partition coefficient (Wildman–Crippen LogP) is 5.54. The van der Waals surface area contributed by atoms with Crippen LogP contribution in [0.2, 0.25) is 0 Å². The summed E-state index contributed by atoms with van der Waals surface area (Å²) in [5.41, 5.74) is 0.355. The highest BCUT2D eigenvalue weighted by molar-refractivity contribution is 4.92. The fourth-order valence-corrected chi connectivity index (χ4v) is 4.63. The lowest BCUT2D eigenvalue weighted by atomic mass is 9.74. The molecule has 2 saturated carbocycles. The minimum absolute atomic E-state index is 0.355. The molecule has 0 aromatic heterocycles. The Morgan fingerprint density at radius 3 is 2.10 bits per heavy atom. The summed E-state index contributed by atoms with van der Waals surface area (Å²) in [7, 11) is 0. The second kappa shape index (κ2) is 7.29. The molecule has 1 heteroatoms. The largest absolute Gasteiger partial charge is 0.309 e. The Bertz CT molecular complexity index is 269. The Morgan fingerprint density at radius 2 is 1.55 bits per heavy atom. The molecule has 0 aromatic carbocycles. The highest BCUT2D eigenvalue weighted by Gasteiger charge is 2.34. The minimum Gasteiger partial charge on any atom is -0.309 e. The second-order valence-corrected chi connectivity index (χ2v) is 8.20. The third-order valence-electron chi connectivity index (χ3n) is 6.42. The van der Waals surface area contributed by atoms with E-state index in [4.69, 9.17) is 0 Å². The second-order valence-electron chi connectivity index (χ2n) is 8.20. The maximum absolute atomic E-state index is 4.04. The summed E-state index contributed by atoms with van der Waals surface area (Å²) < 4.78 is 0. The summed E-state index contributed by atoms with van der Waals surface area (Å²) in [6.07, 6.45) is 14.3. The van der Waals surface area contributed by atoms with Crippen molar-refractivity contribution >= 4 is 0 Å². The van der Waals surface area contributed by atoms with Crippen molar-refractivity contribution in [2.75, 3.05) is 0 Å². The van der Waals surface area contributed by atoms with Crippen LogP contribution in [0.4, 0.5) is 0 Å². The van der Waals surface area contributed by atoms with Gasteiger partial charge in [-0.05, 0) is 70.1 Å². The van der Waals surface area contributed by atoms with Gasteiger partial charge in [-0.1, -0.05) is 39.5 Å². The molecule has 0 saturated heterocycles. The zero-order valence-corrected chi connectivity index (χ0v) is 14.4. The molecule has 0 bridgehead atoms. The number of hydrogen-bond acceptors (Lipinski definition) is 1. The molecule has 118 valence electrons. The molecule has 0 spiro atoms. The minimum atomic E-state index is 0.355. The van der Waals surface area contributed by atoms with Gasteiger partial charge in [0.15, 0.2) is 0 Å². The van der Waals surface area contributed by atoms with E-state index in [1.54, 1.807) is 0 Å². The van der Waals surface area contributed by atoms with Crippen LogP contribution in [0.25, 0.3) is 0 Å². The molecule has 0 radical (unpaired) electrons. The smallest absolute Gasteiger partial charge is 0.0155 e. The van der Waals surface area contributed by atoms with Gasteiger partial charge < -0.3 is 5.32 Å². The van der Waals surface area contributed by atoms with E-state index in [1.165, 1.54) is 64.2 Å². The van der Waals surface area contributed by atoms with Crippen molar-refractivity contribution in [1.82, 2.24) is 5.32 Å². The zero-order chi connectivity index (χ0) is 14.6. The Morgan fingerprint density at radius 1 is 0.950 bits per heavy atom. The molecular weight excluding hydrogens is 242 g/mol. The van der Waals surface area contributed by atoms with Gasteiger partial charge in [-0.3, -0.25) is 0 Å². The van der Waals surface area contributed by atoms with Crippen LogP contribution in [-0.2, 0) is 0 Å². The number of rotatable bonds is 5. The predicted molar refractivity (Wildman–Crippen MR) is 89.0 cm³/mol. The van der Waals surface area contributed by atoms with E-state index in [9.17, 15) is 0 Å². The fraction of sp³-hybridized carbons (Fsp3) is 1.00. The first kappa shape index (κ1) is 16.3. The van der Waals surface area contributed by atoms with Gasteiger partial charge in [0.25, 0.3) is 0 Å². The summed E-state index contributed by atoms with van der Waals surface area (Å²) in [6.45, 7) is 9.72. The monoisotopic (exact) mass is 279 g/mol. The molecule has 2 rings (SSSR count). The first-order valence-electron chi connectivity index (χ1n) is 9.30. The molecule has 0 amide bonds. The maximum atomic E-state index is 4.04.